The minimum atomic E-state index is -0.445. The molecule has 0 spiro atoms. The SMILES string of the molecule is C=CCC[C@@H](O)CN(CCC)CC(=O)N1CCc2sccc2[C@@H]1COc1ccccc1. The maximum Gasteiger partial charge on any atom is 0.237 e. The third-order valence-corrected chi connectivity index (χ3v) is 6.63. The smallest absolute Gasteiger partial charge is 0.237 e. The van der Waals surface area contributed by atoms with Crippen molar-refractivity contribution >= 4 is 17.2 Å². The van der Waals surface area contributed by atoms with Crippen molar-refractivity contribution in [2.75, 3.05) is 32.8 Å². The topological polar surface area (TPSA) is 53.0 Å². The molecule has 0 saturated carbocycles. The summed E-state index contributed by atoms with van der Waals surface area (Å²) in [4.78, 5) is 18.8. The van der Waals surface area contributed by atoms with Gasteiger partial charge in [-0.05, 0) is 61.4 Å². The molecule has 3 rings (SSSR count). The molecule has 1 aliphatic rings. The second kappa shape index (κ2) is 12.0. The van der Waals surface area contributed by atoms with Gasteiger partial charge in [0.2, 0.25) is 5.91 Å². The van der Waals surface area contributed by atoms with Crippen LogP contribution in [0.15, 0.2) is 54.4 Å². The number of nitrogens with zero attached hydrogens (tertiary/aromatic N) is 2. The summed E-state index contributed by atoms with van der Waals surface area (Å²) >= 11 is 1.76. The molecule has 1 amide bonds. The highest BCUT2D eigenvalue weighted by molar-refractivity contribution is 7.10. The number of carbonyl (C=O) groups excluding carboxylic acids is 1. The average Bonchev–Trinajstić information content (AvgIpc) is 3.26. The van der Waals surface area contributed by atoms with Crippen molar-refractivity contribution in [1.29, 1.82) is 0 Å². The fraction of sp³-hybridized carbons (Fsp3) is 0.480. The lowest BCUT2D eigenvalue weighted by Crippen LogP contribution is -2.47. The van der Waals surface area contributed by atoms with Crippen LogP contribution < -0.4 is 4.74 Å². The largest absolute Gasteiger partial charge is 0.491 e. The van der Waals surface area contributed by atoms with Gasteiger partial charge in [-0.25, -0.2) is 0 Å². The van der Waals surface area contributed by atoms with E-state index in [1.165, 1.54) is 10.4 Å². The summed E-state index contributed by atoms with van der Waals surface area (Å²) in [5.41, 5.74) is 1.20. The lowest BCUT2D eigenvalue weighted by molar-refractivity contribution is -0.136. The van der Waals surface area contributed by atoms with Gasteiger partial charge in [0.05, 0.1) is 18.7 Å². The third kappa shape index (κ3) is 6.66. The molecule has 5 nitrogen and oxygen atoms in total. The number of rotatable bonds is 12. The number of hydrogen-bond acceptors (Lipinski definition) is 5. The molecule has 0 radical (unpaired) electrons. The van der Waals surface area contributed by atoms with Crippen molar-refractivity contribution in [2.24, 2.45) is 0 Å². The first-order chi connectivity index (χ1) is 15.1. The number of carbonyl (C=O) groups is 1. The summed E-state index contributed by atoms with van der Waals surface area (Å²) in [5, 5.41) is 12.4. The molecule has 0 aliphatic carbocycles. The van der Waals surface area contributed by atoms with Crippen LogP contribution in [0, 0.1) is 0 Å². The summed E-state index contributed by atoms with van der Waals surface area (Å²) in [6, 6.07) is 11.8. The van der Waals surface area contributed by atoms with Crippen molar-refractivity contribution in [1.82, 2.24) is 9.80 Å². The maximum atomic E-state index is 13.4. The number of allylic oxidation sites excluding steroid dienone is 1. The van der Waals surface area contributed by atoms with Crippen molar-refractivity contribution < 1.29 is 14.6 Å². The Hall–Kier alpha value is -2.15. The Bertz CT molecular complexity index is 823. The monoisotopic (exact) mass is 442 g/mol. The first-order valence-corrected chi connectivity index (χ1v) is 12.0. The Morgan fingerprint density at radius 2 is 2.19 bits per heavy atom. The molecule has 31 heavy (non-hydrogen) atoms. The molecular weight excluding hydrogens is 408 g/mol. The van der Waals surface area contributed by atoms with Gasteiger partial charge in [-0.2, -0.15) is 0 Å². The van der Waals surface area contributed by atoms with E-state index in [0.29, 0.717) is 32.7 Å². The van der Waals surface area contributed by atoms with Crippen LogP contribution in [0.3, 0.4) is 0 Å². The molecule has 1 N–H and O–H groups in total. The standard InChI is InChI=1S/C25H34N2O3S/c1-3-5-9-20(28)17-26(14-4-2)18-25(29)27-15-12-24-22(13-16-31-24)23(27)19-30-21-10-7-6-8-11-21/h3,6-8,10-11,13,16,20,23,28H,1,4-5,9,12,14-15,17-19H2,2H3/t20-,23+/m1/s1. The van der Waals surface area contributed by atoms with Crippen molar-refractivity contribution in [2.45, 2.75) is 44.8 Å². The van der Waals surface area contributed by atoms with E-state index >= 15 is 0 Å². The first-order valence-electron chi connectivity index (χ1n) is 11.2. The van der Waals surface area contributed by atoms with Gasteiger partial charge in [0, 0.05) is 18.0 Å². The van der Waals surface area contributed by atoms with E-state index in [-0.39, 0.29) is 11.9 Å². The number of aliphatic hydroxyl groups is 1. The predicted octanol–water partition coefficient (Wildman–Crippen LogP) is 4.29. The van der Waals surface area contributed by atoms with Crippen molar-refractivity contribution in [3.05, 3.63) is 64.9 Å². The van der Waals surface area contributed by atoms with E-state index in [1.807, 2.05) is 41.3 Å². The van der Waals surface area contributed by atoms with E-state index in [9.17, 15) is 9.90 Å². The summed E-state index contributed by atoms with van der Waals surface area (Å²) in [6.45, 7) is 8.59. The summed E-state index contributed by atoms with van der Waals surface area (Å²) in [7, 11) is 0. The van der Waals surface area contributed by atoms with E-state index < -0.39 is 6.10 Å². The van der Waals surface area contributed by atoms with Gasteiger partial charge < -0.3 is 14.7 Å². The van der Waals surface area contributed by atoms with Crippen molar-refractivity contribution in [3.63, 3.8) is 0 Å². The fourth-order valence-corrected chi connectivity index (χ4v) is 5.03. The molecule has 2 atom stereocenters. The van der Waals surface area contributed by atoms with E-state index in [4.69, 9.17) is 4.74 Å². The maximum absolute atomic E-state index is 13.4. The Morgan fingerprint density at radius 1 is 1.39 bits per heavy atom. The van der Waals surface area contributed by atoms with Gasteiger partial charge in [-0.3, -0.25) is 9.69 Å². The number of ether oxygens (including phenoxy) is 1. The second-order valence-electron chi connectivity index (χ2n) is 8.03. The Kier molecular flexibility index (Phi) is 9.13. The first kappa shape index (κ1) is 23.5. The third-order valence-electron chi connectivity index (χ3n) is 5.64. The minimum Gasteiger partial charge on any atom is -0.491 e. The van der Waals surface area contributed by atoms with E-state index in [1.54, 1.807) is 11.3 Å². The predicted molar refractivity (Wildman–Crippen MR) is 127 cm³/mol. The number of benzene rings is 1. The number of fused-ring (bicyclic) bond motifs is 1. The fourth-order valence-electron chi connectivity index (χ4n) is 4.10. The molecule has 1 aromatic carbocycles. The van der Waals surface area contributed by atoms with Gasteiger partial charge in [0.1, 0.15) is 12.4 Å². The molecule has 1 aromatic heterocycles. The lowest BCUT2D eigenvalue weighted by Gasteiger charge is -2.37. The van der Waals surface area contributed by atoms with Crippen LogP contribution in [0.25, 0.3) is 0 Å². The average molecular weight is 443 g/mol. The summed E-state index contributed by atoms with van der Waals surface area (Å²) < 4.78 is 6.06. The quantitative estimate of drug-likeness (QED) is 0.498. The Morgan fingerprint density at radius 3 is 2.94 bits per heavy atom. The van der Waals surface area contributed by atoms with Crippen LogP contribution in [0.2, 0.25) is 0 Å². The summed E-state index contributed by atoms with van der Waals surface area (Å²) in [6.07, 6.45) is 4.66. The van der Waals surface area contributed by atoms with Crippen LogP contribution in [-0.2, 0) is 11.2 Å². The molecule has 6 heteroatoms. The van der Waals surface area contributed by atoms with Gasteiger partial charge in [-0.15, -0.1) is 17.9 Å². The van der Waals surface area contributed by atoms with Crippen LogP contribution >= 0.6 is 11.3 Å². The van der Waals surface area contributed by atoms with Crippen LogP contribution in [0.1, 0.15) is 42.7 Å². The van der Waals surface area contributed by atoms with E-state index in [2.05, 4.69) is 29.8 Å². The number of hydrogen-bond donors (Lipinski definition) is 1. The molecule has 1 aliphatic heterocycles. The van der Waals surface area contributed by atoms with E-state index in [0.717, 1.165) is 31.6 Å². The van der Waals surface area contributed by atoms with Gasteiger partial charge in [0.15, 0.2) is 0 Å². The lowest BCUT2D eigenvalue weighted by atomic mass is 10.0. The van der Waals surface area contributed by atoms with Gasteiger partial charge >= 0.3 is 0 Å². The molecule has 0 bridgehead atoms. The number of amides is 1. The van der Waals surface area contributed by atoms with Gasteiger partial charge in [-0.1, -0.05) is 31.2 Å². The Labute approximate surface area is 189 Å². The number of aliphatic hydroxyl groups excluding tert-OH is 1. The zero-order chi connectivity index (χ0) is 22.1. The zero-order valence-electron chi connectivity index (χ0n) is 18.4. The number of thiophene rings is 1. The normalized spacial score (nSPS) is 16.7. The molecule has 2 aromatic rings. The zero-order valence-corrected chi connectivity index (χ0v) is 19.2. The Balaban J connectivity index is 1.68. The molecular formula is C25H34N2O3S. The highest BCUT2D eigenvalue weighted by Crippen LogP contribution is 2.34. The molecule has 2 heterocycles. The molecule has 0 saturated heterocycles. The molecule has 0 unspecified atom stereocenters. The number of para-hydroxylation sites is 1. The highest BCUT2D eigenvalue weighted by Gasteiger charge is 2.33. The van der Waals surface area contributed by atoms with Crippen molar-refractivity contribution in [3.8, 4) is 5.75 Å². The molecule has 0 fully saturated rings. The second-order valence-corrected chi connectivity index (χ2v) is 9.03. The van der Waals surface area contributed by atoms with Gasteiger partial charge in [0.25, 0.3) is 0 Å². The van der Waals surface area contributed by atoms with Crippen LogP contribution in [-0.4, -0.2) is 59.7 Å². The summed E-state index contributed by atoms with van der Waals surface area (Å²) in [5.74, 6) is 0.915. The minimum absolute atomic E-state index is 0.0862. The molecule has 168 valence electrons. The highest BCUT2D eigenvalue weighted by atomic mass is 32.1. The van der Waals surface area contributed by atoms with Crippen LogP contribution in [0.5, 0.6) is 5.75 Å². The van der Waals surface area contributed by atoms with Crippen LogP contribution in [0.4, 0.5) is 0 Å².